The van der Waals surface area contributed by atoms with Gasteiger partial charge in [-0.05, 0) is 65.1 Å². The second kappa shape index (κ2) is 11.1. The average Bonchev–Trinajstić information content (AvgIpc) is 2.82. The van der Waals surface area contributed by atoms with E-state index in [1.54, 1.807) is 6.20 Å². The predicted molar refractivity (Wildman–Crippen MR) is 131 cm³/mol. The number of anilines is 1. The molecule has 2 N–H and O–H groups in total. The average molecular weight is 517 g/mol. The molecule has 2 aromatic heterocycles. The number of likely N-dealkylation sites (N-methyl/N-ethyl adjacent to an activating group) is 1. The molecule has 0 spiro atoms. The molecular formula is C24H29BrN4O4. The van der Waals surface area contributed by atoms with Gasteiger partial charge in [0.2, 0.25) is 0 Å². The summed E-state index contributed by atoms with van der Waals surface area (Å²) in [5, 5.41) is 12.2. The van der Waals surface area contributed by atoms with E-state index >= 15 is 0 Å². The minimum absolute atomic E-state index is 0.0191. The maximum atomic E-state index is 12.7. The van der Waals surface area contributed by atoms with Crippen molar-refractivity contribution in [2.45, 2.75) is 18.4 Å². The van der Waals surface area contributed by atoms with Crippen LogP contribution in [0, 0.1) is 0 Å². The van der Waals surface area contributed by atoms with Crippen LogP contribution in [0.4, 0.5) is 5.82 Å². The van der Waals surface area contributed by atoms with Crippen molar-refractivity contribution >= 4 is 27.4 Å². The quantitative estimate of drug-likeness (QED) is 0.422. The first kappa shape index (κ1) is 23.7. The number of nitrogens with one attached hydrogen (secondary N) is 1. The van der Waals surface area contributed by atoms with Crippen LogP contribution in [0.25, 0.3) is 5.65 Å². The summed E-state index contributed by atoms with van der Waals surface area (Å²) in [5.74, 6) is 1.73. The van der Waals surface area contributed by atoms with Gasteiger partial charge in [0.1, 0.15) is 28.3 Å². The normalized spacial score (nSPS) is 19.0. The summed E-state index contributed by atoms with van der Waals surface area (Å²) in [6, 6.07) is 13.9. The highest BCUT2D eigenvalue weighted by atomic mass is 79.9. The van der Waals surface area contributed by atoms with Gasteiger partial charge in [0, 0.05) is 25.3 Å². The molecule has 0 bridgehead atoms. The van der Waals surface area contributed by atoms with Crippen LogP contribution in [0.2, 0.25) is 0 Å². The molecule has 1 saturated heterocycles. The van der Waals surface area contributed by atoms with E-state index in [1.165, 1.54) is 9.96 Å². The van der Waals surface area contributed by atoms with Crippen molar-refractivity contribution < 1.29 is 14.6 Å². The number of piperidine rings is 1. The number of benzene rings is 1. The SMILES string of the molecule is CN1CC(Nc2nc3ccccn3c(=O)c2Br)CC(c2ccc(OCCOCCO)cc2)C1. The first-order valence-electron chi connectivity index (χ1n) is 11.1. The smallest absolute Gasteiger partial charge is 0.274 e. The van der Waals surface area contributed by atoms with E-state index in [4.69, 9.17) is 14.6 Å². The van der Waals surface area contributed by atoms with Gasteiger partial charge in [0.05, 0.1) is 19.8 Å². The molecule has 9 heteroatoms. The minimum Gasteiger partial charge on any atom is -0.491 e. The summed E-state index contributed by atoms with van der Waals surface area (Å²) in [7, 11) is 2.11. The fourth-order valence-corrected chi connectivity index (χ4v) is 4.64. The van der Waals surface area contributed by atoms with Crippen LogP contribution in [-0.4, -0.2) is 72.0 Å². The van der Waals surface area contributed by atoms with Crippen LogP contribution in [0.5, 0.6) is 5.75 Å². The Labute approximate surface area is 201 Å². The van der Waals surface area contributed by atoms with Gasteiger partial charge in [-0.15, -0.1) is 0 Å². The molecule has 0 radical (unpaired) electrons. The fraction of sp³-hybridized carbons (Fsp3) is 0.417. The van der Waals surface area contributed by atoms with Crippen LogP contribution in [0.15, 0.2) is 57.9 Å². The minimum atomic E-state index is -0.124. The number of rotatable bonds is 9. The Hall–Kier alpha value is -2.46. The molecule has 1 aliphatic heterocycles. The topological polar surface area (TPSA) is 88.3 Å². The highest BCUT2D eigenvalue weighted by molar-refractivity contribution is 9.10. The zero-order chi connectivity index (χ0) is 23.2. The number of pyridine rings is 1. The maximum absolute atomic E-state index is 12.7. The highest BCUT2D eigenvalue weighted by Crippen LogP contribution is 2.30. The van der Waals surface area contributed by atoms with E-state index in [-0.39, 0.29) is 18.2 Å². The molecule has 8 nitrogen and oxygen atoms in total. The van der Waals surface area contributed by atoms with Gasteiger partial charge in [-0.3, -0.25) is 9.20 Å². The lowest BCUT2D eigenvalue weighted by Crippen LogP contribution is -2.43. The van der Waals surface area contributed by atoms with Crippen LogP contribution in [0.1, 0.15) is 17.9 Å². The molecule has 3 heterocycles. The fourth-order valence-electron chi connectivity index (χ4n) is 4.24. The molecule has 4 rings (SSSR count). The van der Waals surface area contributed by atoms with Crippen LogP contribution >= 0.6 is 15.9 Å². The van der Waals surface area contributed by atoms with E-state index in [0.717, 1.165) is 25.3 Å². The number of aromatic nitrogens is 2. The Balaban J connectivity index is 1.42. The zero-order valence-corrected chi connectivity index (χ0v) is 20.2. The zero-order valence-electron chi connectivity index (χ0n) is 18.6. The molecule has 33 heavy (non-hydrogen) atoms. The van der Waals surface area contributed by atoms with Gasteiger partial charge in [-0.25, -0.2) is 4.98 Å². The van der Waals surface area contributed by atoms with Crippen molar-refractivity contribution in [3.05, 3.63) is 69.1 Å². The second-order valence-corrected chi connectivity index (χ2v) is 9.05. The molecule has 2 atom stereocenters. The van der Waals surface area contributed by atoms with E-state index in [0.29, 0.717) is 41.7 Å². The lowest BCUT2D eigenvalue weighted by atomic mass is 9.88. The molecular weight excluding hydrogens is 488 g/mol. The van der Waals surface area contributed by atoms with Crippen LogP contribution in [0.3, 0.4) is 0 Å². The molecule has 2 unspecified atom stereocenters. The first-order valence-corrected chi connectivity index (χ1v) is 11.9. The van der Waals surface area contributed by atoms with Crippen molar-refractivity contribution in [3.8, 4) is 5.75 Å². The standard InChI is InChI=1S/C24H29BrN4O4/c1-28-15-18(17-5-7-20(8-6-17)33-13-12-32-11-10-30)14-19(16-28)26-23-22(25)24(31)29-9-3-2-4-21(29)27-23/h2-9,18-19,26,30H,10-16H2,1H3. The predicted octanol–water partition coefficient (Wildman–Crippen LogP) is 2.74. The number of ether oxygens (including phenoxy) is 2. The number of aliphatic hydroxyl groups is 1. The number of halogens is 1. The van der Waals surface area contributed by atoms with Gasteiger partial charge in [-0.2, -0.15) is 0 Å². The molecule has 176 valence electrons. The Morgan fingerprint density at radius 1 is 1.15 bits per heavy atom. The number of hydrogen-bond donors (Lipinski definition) is 2. The molecule has 0 saturated carbocycles. The third kappa shape index (κ3) is 5.92. The molecule has 3 aromatic rings. The van der Waals surface area contributed by atoms with Gasteiger partial charge in [-0.1, -0.05) is 18.2 Å². The molecule has 0 amide bonds. The Bertz CT molecular complexity index is 1120. The Morgan fingerprint density at radius 3 is 2.76 bits per heavy atom. The van der Waals surface area contributed by atoms with Crippen molar-refractivity contribution in [2.75, 3.05) is 51.9 Å². The van der Waals surface area contributed by atoms with Crippen molar-refractivity contribution in [1.29, 1.82) is 0 Å². The van der Waals surface area contributed by atoms with E-state index in [1.807, 2.05) is 30.3 Å². The number of likely N-dealkylation sites (tertiary alicyclic amines) is 1. The summed E-state index contributed by atoms with van der Waals surface area (Å²) in [6.07, 6.45) is 2.65. The number of nitrogens with zero attached hydrogens (tertiary/aromatic N) is 3. The second-order valence-electron chi connectivity index (χ2n) is 8.26. The van der Waals surface area contributed by atoms with Gasteiger partial charge < -0.3 is 24.8 Å². The van der Waals surface area contributed by atoms with Gasteiger partial charge in [0.15, 0.2) is 0 Å². The Kier molecular flexibility index (Phi) is 7.97. The number of aliphatic hydroxyl groups excluding tert-OH is 1. The first-order chi connectivity index (χ1) is 16.0. The van der Waals surface area contributed by atoms with Gasteiger partial charge >= 0.3 is 0 Å². The molecule has 1 aromatic carbocycles. The highest BCUT2D eigenvalue weighted by Gasteiger charge is 2.27. The third-order valence-electron chi connectivity index (χ3n) is 5.74. The summed E-state index contributed by atoms with van der Waals surface area (Å²) in [4.78, 5) is 19.7. The van der Waals surface area contributed by atoms with E-state index in [9.17, 15) is 4.79 Å². The van der Waals surface area contributed by atoms with E-state index in [2.05, 4.69) is 50.3 Å². The summed E-state index contributed by atoms with van der Waals surface area (Å²) >= 11 is 3.44. The Morgan fingerprint density at radius 2 is 1.97 bits per heavy atom. The van der Waals surface area contributed by atoms with Crippen molar-refractivity contribution in [3.63, 3.8) is 0 Å². The largest absolute Gasteiger partial charge is 0.491 e. The van der Waals surface area contributed by atoms with Crippen LogP contribution in [-0.2, 0) is 4.74 Å². The lowest BCUT2D eigenvalue weighted by Gasteiger charge is -2.36. The van der Waals surface area contributed by atoms with E-state index < -0.39 is 0 Å². The summed E-state index contributed by atoms with van der Waals surface area (Å²) in [5.41, 5.74) is 1.75. The summed E-state index contributed by atoms with van der Waals surface area (Å²) < 4.78 is 12.9. The van der Waals surface area contributed by atoms with Crippen molar-refractivity contribution in [2.24, 2.45) is 0 Å². The summed E-state index contributed by atoms with van der Waals surface area (Å²) in [6.45, 7) is 3.07. The lowest BCUT2D eigenvalue weighted by molar-refractivity contribution is 0.0705. The van der Waals surface area contributed by atoms with Crippen molar-refractivity contribution in [1.82, 2.24) is 14.3 Å². The van der Waals surface area contributed by atoms with Gasteiger partial charge in [0.25, 0.3) is 5.56 Å². The molecule has 1 fully saturated rings. The maximum Gasteiger partial charge on any atom is 0.274 e. The number of fused-ring (bicyclic) bond motifs is 1. The van der Waals surface area contributed by atoms with Crippen LogP contribution < -0.4 is 15.6 Å². The molecule has 1 aliphatic rings. The third-order valence-corrected chi connectivity index (χ3v) is 6.45. The number of hydrogen-bond acceptors (Lipinski definition) is 7. The monoisotopic (exact) mass is 516 g/mol. The molecule has 0 aliphatic carbocycles.